The number of rotatable bonds is 5. The summed E-state index contributed by atoms with van der Waals surface area (Å²) >= 11 is 0. The van der Waals surface area contributed by atoms with E-state index in [9.17, 15) is 9.59 Å². The summed E-state index contributed by atoms with van der Waals surface area (Å²) in [6, 6.07) is 1.77. The topological polar surface area (TPSA) is 94.3 Å². The summed E-state index contributed by atoms with van der Waals surface area (Å²) in [4.78, 5) is 26.9. The fourth-order valence-electron chi connectivity index (χ4n) is 3.12. The van der Waals surface area contributed by atoms with Crippen LogP contribution >= 0.6 is 0 Å². The Bertz CT molecular complexity index is 788. The maximum absolute atomic E-state index is 12.6. The number of hydrogen-bond acceptors (Lipinski definition) is 5. The number of morpholine rings is 1. The first-order chi connectivity index (χ1) is 12.8. The minimum absolute atomic E-state index is 0.0187. The third-order valence-electron chi connectivity index (χ3n) is 4.59. The summed E-state index contributed by atoms with van der Waals surface area (Å²) in [5.41, 5.74) is -0.307. The van der Waals surface area contributed by atoms with Crippen LogP contribution in [0.3, 0.4) is 0 Å². The van der Waals surface area contributed by atoms with E-state index in [0.717, 1.165) is 0 Å². The van der Waals surface area contributed by atoms with E-state index in [4.69, 9.17) is 4.74 Å². The molecule has 1 aliphatic rings. The van der Waals surface area contributed by atoms with Gasteiger partial charge in [0, 0.05) is 31.7 Å². The van der Waals surface area contributed by atoms with Gasteiger partial charge in [-0.3, -0.25) is 19.0 Å². The van der Waals surface area contributed by atoms with E-state index in [0.29, 0.717) is 18.8 Å². The van der Waals surface area contributed by atoms with E-state index < -0.39 is 5.54 Å². The average molecular weight is 374 g/mol. The van der Waals surface area contributed by atoms with Gasteiger partial charge in [-0.2, -0.15) is 10.2 Å². The molecule has 27 heavy (non-hydrogen) atoms. The molecule has 1 saturated heterocycles. The van der Waals surface area contributed by atoms with Gasteiger partial charge in [-0.05, 0) is 33.8 Å². The fourth-order valence-corrected chi connectivity index (χ4v) is 3.12. The van der Waals surface area contributed by atoms with Crippen LogP contribution in [-0.2, 0) is 26.4 Å². The number of nitrogens with one attached hydrogen (secondary N) is 1. The summed E-state index contributed by atoms with van der Waals surface area (Å²) < 4.78 is 8.78. The number of nitrogens with zero attached hydrogens (tertiary/aromatic N) is 5. The van der Waals surface area contributed by atoms with Crippen LogP contribution in [0.1, 0.15) is 27.7 Å². The van der Waals surface area contributed by atoms with Crippen LogP contribution in [0.5, 0.6) is 0 Å². The first-order valence-electron chi connectivity index (χ1n) is 9.03. The minimum atomic E-state index is -0.846. The van der Waals surface area contributed by atoms with E-state index in [2.05, 4.69) is 15.5 Å². The number of amides is 2. The third-order valence-corrected chi connectivity index (χ3v) is 4.59. The number of aromatic nitrogens is 4. The molecule has 1 N–H and O–H groups in total. The van der Waals surface area contributed by atoms with E-state index in [1.807, 2.05) is 13.8 Å². The zero-order valence-corrected chi connectivity index (χ0v) is 16.1. The molecule has 0 saturated carbocycles. The van der Waals surface area contributed by atoms with Gasteiger partial charge in [0.2, 0.25) is 5.91 Å². The van der Waals surface area contributed by atoms with Crippen molar-refractivity contribution in [1.29, 1.82) is 0 Å². The van der Waals surface area contributed by atoms with Crippen molar-refractivity contribution in [3.63, 3.8) is 0 Å². The molecule has 0 radical (unpaired) electrons. The highest BCUT2D eigenvalue weighted by molar-refractivity contribution is 5.95. The highest BCUT2D eigenvalue weighted by Crippen LogP contribution is 2.17. The van der Waals surface area contributed by atoms with Gasteiger partial charge in [0.15, 0.2) is 0 Å². The lowest BCUT2D eigenvalue weighted by molar-refractivity contribution is -0.144. The number of carbonyl (C=O) groups is 2. The Kier molecular flexibility index (Phi) is 5.31. The molecule has 9 nitrogen and oxygen atoms in total. The summed E-state index contributed by atoms with van der Waals surface area (Å²) in [6.07, 6.45) is 6.61. The van der Waals surface area contributed by atoms with Crippen LogP contribution in [0.25, 0.3) is 0 Å². The number of carbonyl (C=O) groups excluding carboxylic acids is 2. The maximum atomic E-state index is 12.6. The SMILES string of the molecule is CC1CN(C(=O)Cn2cc(NC(=O)C(C)(C)n3cccn3)cn2)CC(C)O1. The molecule has 0 bridgehead atoms. The van der Waals surface area contributed by atoms with Crippen molar-refractivity contribution in [3.05, 3.63) is 30.9 Å². The van der Waals surface area contributed by atoms with Crippen molar-refractivity contribution in [2.24, 2.45) is 0 Å². The van der Waals surface area contributed by atoms with Crippen molar-refractivity contribution in [2.75, 3.05) is 18.4 Å². The molecule has 2 amide bonds. The van der Waals surface area contributed by atoms with Crippen molar-refractivity contribution >= 4 is 17.5 Å². The lowest BCUT2D eigenvalue weighted by Gasteiger charge is -2.35. The lowest BCUT2D eigenvalue weighted by Crippen LogP contribution is -2.49. The van der Waals surface area contributed by atoms with E-state index >= 15 is 0 Å². The van der Waals surface area contributed by atoms with Gasteiger partial charge in [-0.25, -0.2) is 0 Å². The second-order valence-electron chi connectivity index (χ2n) is 7.45. The van der Waals surface area contributed by atoms with Crippen LogP contribution in [0, 0.1) is 0 Å². The van der Waals surface area contributed by atoms with Crippen LogP contribution < -0.4 is 5.32 Å². The zero-order valence-electron chi connectivity index (χ0n) is 16.1. The monoisotopic (exact) mass is 374 g/mol. The molecule has 2 aromatic heterocycles. The molecule has 0 aromatic carbocycles. The molecular formula is C18H26N6O3. The molecule has 3 heterocycles. The highest BCUT2D eigenvalue weighted by Gasteiger charge is 2.30. The Morgan fingerprint density at radius 1 is 1.26 bits per heavy atom. The predicted octanol–water partition coefficient (Wildman–Crippen LogP) is 1.09. The Morgan fingerprint density at radius 2 is 1.96 bits per heavy atom. The Balaban J connectivity index is 1.60. The molecule has 0 spiro atoms. The second kappa shape index (κ2) is 7.51. The van der Waals surface area contributed by atoms with Gasteiger partial charge >= 0.3 is 0 Å². The second-order valence-corrected chi connectivity index (χ2v) is 7.45. The van der Waals surface area contributed by atoms with E-state index in [1.165, 1.54) is 10.9 Å². The first kappa shape index (κ1) is 19.1. The molecule has 0 aliphatic carbocycles. The molecule has 146 valence electrons. The predicted molar refractivity (Wildman–Crippen MR) is 99.0 cm³/mol. The summed E-state index contributed by atoms with van der Waals surface area (Å²) in [5.74, 6) is -0.234. The maximum Gasteiger partial charge on any atom is 0.251 e. The molecular weight excluding hydrogens is 348 g/mol. The Hall–Kier alpha value is -2.68. The van der Waals surface area contributed by atoms with Crippen LogP contribution in [0.2, 0.25) is 0 Å². The molecule has 2 unspecified atom stereocenters. The summed E-state index contributed by atoms with van der Waals surface area (Å²) in [6.45, 7) is 8.75. The first-order valence-corrected chi connectivity index (χ1v) is 9.03. The molecule has 1 fully saturated rings. The lowest BCUT2D eigenvalue weighted by atomic mass is 10.1. The van der Waals surface area contributed by atoms with E-state index in [-0.39, 0.29) is 30.6 Å². The van der Waals surface area contributed by atoms with Crippen molar-refractivity contribution in [3.8, 4) is 0 Å². The highest BCUT2D eigenvalue weighted by atomic mass is 16.5. The van der Waals surface area contributed by atoms with Gasteiger partial charge in [-0.1, -0.05) is 0 Å². The van der Waals surface area contributed by atoms with E-state index in [1.54, 1.807) is 48.1 Å². The number of hydrogen-bond donors (Lipinski definition) is 1. The standard InChI is InChI=1S/C18H26N6O3/c1-13-9-22(10-14(2)27-13)16(25)12-23-11-15(8-20-23)21-17(26)18(3,4)24-7-5-6-19-24/h5-8,11,13-14H,9-10,12H2,1-4H3,(H,21,26). The largest absolute Gasteiger partial charge is 0.372 e. The van der Waals surface area contributed by atoms with Crippen molar-refractivity contribution in [1.82, 2.24) is 24.5 Å². The summed E-state index contributed by atoms with van der Waals surface area (Å²) in [7, 11) is 0. The van der Waals surface area contributed by atoms with Crippen molar-refractivity contribution in [2.45, 2.75) is 52.0 Å². The van der Waals surface area contributed by atoms with Crippen LogP contribution in [-0.4, -0.2) is 61.6 Å². The molecule has 1 aliphatic heterocycles. The molecule has 9 heteroatoms. The van der Waals surface area contributed by atoms with Crippen LogP contribution in [0.4, 0.5) is 5.69 Å². The van der Waals surface area contributed by atoms with Crippen LogP contribution in [0.15, 0.2) is 30.9 Å². The summed E-state index contributed by atoms with van der Waals surface area (Å²) in [5, 5.41) is 11.2. The van der Waals surface area contributed by atoms with Gasteiger partial charge in [0.05, 0.1) is 24.1 Å². The Labute approximate surface area is 158 Å². The van der Waals surface area contributed by atoms with Crippen molar-refractivity contribution < 1.29 is 14.3 Å². The van der Waals surface area contributed by atoms with Gasteiger partial charge in [0.1, 0.15) is 12.1 Å². The third kappa shape index (κ3) is 4.36. The molecule has 3 rings (SSSR count). The average Bonchev–Trinajstić information content (AvgIpc) is 3.26. The minimum Gasteiger partial charge on any atom is -0.372 e. The van der Waals surface area contributed by atoms with Gasteiger partial charge in [-0.15, -0.1) is 0 Å². The quantitative estimate of drug-likeness (QED) is 0.845. The number of ether oxygens (including phenoxy) is 1. The zero-order chi connectivity index (χ0) is 19.6. The smallest absolute Gasteiger partial charge is 0.251 e. The van der Waals surface area contributed by atoms with Gasteiger partial charge < -0.3 is 15.0 Å². The molecule has 2 aromatic rings. The Morgan fingerprint density at radius 3 is 2.59 bits per heavy atom. The fraction of sp³-hybridized carbons (Fsp3) is 0.556. The number of anilines is 1. The van der Waals surface area contributed by atoms with Gasteiger partial charge in [0.25, 0.3) is 5.91 Å². The molecule has 2 atom stereocenters. The normalized spacial score (nSPS) is 20.5.